The number of benzene rings is 1. The molecule has 0 saturated heterocycles. The molecule has 3 N–H and O–H groups in total. The predicted molar refractivity (Wildman–Crippen MR) is 60.8 cm³/mol. The normalized spacial score (nSPS) is 10.1. The van der Waals surface area contributed by atoms with E-state index >= 15 is 0 Å². The van der Waals surface area contributed by atoms with E-state index in [1.54, 1.807) is 18.2 Å². The molecule has 0 spiro atoms. The van der Waals surface area contributed by atoms with Gasteiger partial charge in [-0.2, -0.15) is 0 Å². The van der Waals surface area contributed by atoms with Crippen LogP contribution in [-0.4, -0.2) is 9.97 Å². The van der Waals surface area contributed by atoms with Crippen molar-refractivity contribution < 1.29 is 4.74 Å². The highest BCUT2D eigenvalue weighted by molar-refractivity contribution is 6.30. The van der Waals surface area contributed by atoms with Gasteiger partial charge in [-0.3, -0.25) is 4.79 Å². The highest BCUT2D eigenvalue weighted by atomic mass is 35.5. The SMILES string of the molecule is Nc1ccc(Cl)cc1Oc1cc(=O)[nH]cn1. The van der Waals surface area contributed by atoms with E-state index in [0.29, 0.717) is 16.5 Å². The van der Waals surface area contributed by atoms with Gasteiger partial charge in [0, 0.05) is 11.1 Å². The van der Waals surface area contributed by atoms with Crippen LogP contribution in [0.15, 0.2) is 35.4 Å². The molecule has 82 valence electrons. The maximum atomic E-state index is 11.0. The van der Waals surface area contributed by atoms with Crippen LogP contribution in [-0.2, 0) is 0 Å². The van der Waals surface area contributed by atoms with Crippen molar-refractivity contribution in [1.82, 2.24) is 9.97 Å². The van der Waals surface area contributed by atoms with Crippen LogP contribution in [0, 0.1) is 0 Å². The van der Waals surface area contributed by atoms with Crippen LogP contribution in [0.3, 0.4) is 0 Å². The van der Waals surface area contributed by atoms with Gasteiger partial charge in [0.1, 0.15) is 0 Å². The van der Waals surface area contributed by atoms with Crippen LogP contribution < -0.4 is 16.0 Å². The lowest BCUT2D eigenvalue weighted by Gasteiger charge is -2.06. The highest BCUT2D eigenvalue weighted by Crippen LogP contribution is 2.28. The predicted octanol–water partition coefficient (Wildman–Crippen LogP) is 1.80. The van der Waals surface area contributed by atoms with Crippen LogP contribution in [0.4, 0.5) is 5.69 Å². The standard InChI is InChI=1S/C10H8ClN3O2/c11-6-1-2-7(12)8(3-6)16-10-4-9(15)13-5-14-10/h1-5H,12H2,(H,13,14,15). The van der Waals surface area contributed by atoms with Gasteiger partial charge < -0.3 is 15.5 Å². The van der Waals surface area contributed by atoms with Gasteiger partial charge in [0.2, 0.25) is 5.88 Å². The van der Waals surface area contributed by atoms with E-state index in [4.69, 9.17) is 22.1 Å². The number of nitrogens with zero attached hydrogens (tertiary/aromatic N) is 1. The minimum atomic E-state index is -0.300. The van der Waals surface area contributed by atoms with Crippen molar-refractivity contribution in [2.24, 2.45) is 0 Å². The van der Waals surface area contributed by atoms with Gasteiger partial charge in [-0.25, -0.2) is 4.98 Å². The van der Waals surface area contributed by atoms with Gasteiger partial charge in [-0.1, -0.05) is 11.6 Å². The van der Waals surface area contributed by atoms with E-state index < -0.39 is 0 Å². The summed E-state index contributed by atoms with van der Waals surface area (Å²) in [6.45, 7) is 0. The molecule has 0 atom stereocenters. The Kier molecular flexibility index (Phi) is 2.78. The second-order valence-electron chi connectivity index (χ2n) is 3.03. The molecule has 0 aliphatic rings. The third kappa shape index (κ3) is 2.32. The third-order valence-corrected chi connectivity index (χ3v) is 2.08. The number of ether oxygens (including phenoxy) is 1. The Labute approximate surface area is 95.8 Å². The first-order chi connectivity index (χ1) is 7.65. The number of aromatic nitrogens is 2. The van der Waals surface area contributed by atoms with Crippen molar-refractivity contribution in [3.63, 3.8) is 0 Å². The number of anilines is 1. The Morgan fingerprint density at radius 3 is 2.94 bits per heavy atom. The lowest BCUT2D eigenvalue weighted by Crippen LogP contribution is -2.04. The smallest absolute Gasteiger partial charge is 0.254 e. The Hall–Kier alpha value is -2.01. The van der Waals surface area contributed by atoms with Crippen molar-refractivity contribution in [2.75, 3.05) is 5.73 Å². The number of H-pyrrole nitrogens is 1. The van der Waals surface area contributed by atoms with E-state index in [2.05, 4.69) is 9.97 Å². The molecule has 0 aliphatic heterocycles. The summed E-state index contributed by atoms with van der Waals surface area (Å²) in [5.41, 5.74) is 5.80. The number of halogens is 1. The molecule has 0 fully saturated rings. The second-order valence-corrected chi connectivity index (χ2v) is 3.47. The zero-order valence-corrected chi connectivity index (χ0v) is 8.86. The van der Waals surface area contributed by atoms with E-state index in [1.165, 1.54) is 12.4 Å². The second kappa shape index (κ2) is 4.24. The minimum absolute atomic E-state index is 0.165. The van der Waals surface area contributed by atoms with Gasteiger partial charge in [0.25, 0.3) is 5.56 Å². The molecule has 0 bridgehead atoms. The van der Waals surface area contributed by atoms with Crippen LogP contribution in [0.5, 0.6) is 11.6 Å². The van der Waals surface area contributed by atoms with Gasteiger partial charge in [-0.15, -0.1) is 0 Å². The van der Waals surface area contributed by atoms with Gasteiger partial charge in [0.05, 0.1) is 18.1 Å². The summed E-state index contributed by atoms with van der Waals surface area (Å²) in [4.78, 5) is 17.2. The van der Waals surface area contributed by atoms with Crippen molar-refractivity contribution in [3.8, 4) is 11.6 Å². The zero-order chi connectivity index (χ0) is 11.5. The number of nitrogen functional groups attached to an aromatic ring is 1. The molecule has 1 aromatic heterocycles. The molecule has 0 radical (unpaired) electrons. The maximum absolute atomic E-state index is 11.0. The number of nitrogens with one attached hydrogen (secondary N) is 1. The first kappa shape index (κ1) is 10.5. The van der Waals surface area contributed by atoms with E-state index in [9.17, 15) is 4.79 Å². The molecule has 16 heavy (non-hydrogen) atoms. The first-order valence-electron chi connectivity index (χ1n) is 4.43. The fraction of sp³-hybridized carbons (Fsp3) is 0. The summed E-state index contributed by atoms with van der Waals surface area (Å²) in [6, 6.07) is 6.04. The molecule has 2 rings (SSSR count). The molecule has 0 aliphatic carbocycles. The Bertz CT molecular complexity index is 568. The van der Waals surface area contributed by atoms with Crippen LogP contribution >= 0.6 is 11.6 Å². The summed E-state index contributed by atoms with van der Waals surface area (Å²) < 4.78 is 5.33. The molecule has 6 heteroatoms. The van der Waals surface area contributed by atoms with Gasteiger partial charge in [-0.05, 0) is 12.1 Å². The van der Waals surface area contributed by atoms with Crippen molar-refractivity contribution in [1.29, 1.82) is 0 Å². The zero-order valence-electron chi connectivity index (χ0n) is 8.11. The average molecular weight is 238 g/mol. The van der Waals surface area contributed by atoms with E-state index in [-0.39, 0.29) is 11.4 Å². The molecule has 1 heterocycles. The van der Waals surface area contributed by atoms with E-state index in [0.717, 1.165) is 0 Å². The minimum Gasteiger partial charge on any atom is -0.437 e. The molecular weight excluding hydrogens is 230 g/mol. The fourth-order valence-electron chi connectivity index (χ4n) is 1.12. The molecule has 0 saturated carbocycles. The molecule has 1 aromatic carbocycles. The van der Waals surface area contributed by atoms with Gasteiger partial charge in [0.15, 0.2) is 5.75 Å². The monoisotopic (exact) mass is 237 g/mol. The maximum Gasteiger partial charge on any atom is 0.254 e. The third-order valence-electron chi connectivity index (χ3n) is 1.84. The summed E-state index contributed by atoms with van der Waals surface area (Å²) >= 11 is 5.79. The Balaban J connectivity index is 2.33. The van der Waals surface area contributed by atoms with Crippen molar-refractivity contribution >= 4 is 17.3 Å². The molecule has 2 aromatic rings. The van der Waals surface area contributed by atoms with Crippen molar-refractivity contribution in [3.05, 3.63) is 46.0 Å². The number of hydrogen-bond acceptors (Lipinski definition) is 4. The quantitative estimate of drug-likeness (QED) is 0.781. The topological polar surface area (TPSA) is 81.0 Å². The lowest BCUT2D eigenvalue weighted by atomic mass is 10.3. The number of nitrogens with two attached hydrogens (primary N) is 1. The number of aromatic amines is 1. The highest BCUT2D eigenvalue weighted by Gasteiger charge is 2.04. The summed E-state index contributed by atoms with van der Waals surface area (Å²) in [5, 5.41) is 0.494. The molecule has 5 nitrogen and oxygen atoms in total. The van der Waals surface area contributed by atoms with Crippen LogP contribution in [0.2, 0.25) is 5.02 Å². The number of rotatable bonds is 2. The Morgan fingerprint density at radius 2 is 2.19 bits per heavy atom. The number of hydrogen-bond donors (Lipinski definition) is 2. The first-order valence-corrected chi connectivity index (χ1v) is 4.80. The Morgan fingerprint density at radius 1 is 1.38 bits per heavy atom. The largest absolute Gasteiger partial charge is 0.437 e. The summed E-state index contributed by atoms with van der Waals surface area (Å²) in [6.07, 6.45) is 1.25. The summed E-state index contributed by atoms with van der Waals surface area (Å²) in [7, 11) is 0. The molecule has 0 amide bonds. The molecular formula is C10H8ClN3O2. The van der Waals surface area contributed by atoms with Gasteiger partial charge >= 0.3 is 0 Å². The van der Waals surface area contributed by atoms with E-state index in [1.807, 2.05) is 0 Å². The van der Waals surface area contributed by atoms with Crippen LogP contribution in [0.25, 0.3) is 0 Å². The summed E-state index contributed by atoms with van der Waals surface area (Å²) in [5.74, 6) is 0.531. The van der Waals surface area contributed by atoms with Crippen molar-refractivity contribution in [2.45, 2.75) is 0 Å². The lowest BCUT2D eigenvalue weighted by molar-refractivity contribution is 0.463. The van der Waals surface area contributed by atoms with Crippen LogP contribution in [0.1, 0.15) is 0 Å². The average Bonchev–Trinajstić information content (AvgIpc) is 2.24. The molecule has 0 unspecified atom stereocenters. The fourth-order valence-corrected chi connectivity index (χ4v) is 1.28.